The second kappa shape index (κ2) is 7.96. The average molecular weight is 333 g/mol. The maximum Gasteiger partial charge on any atom is 0.227 e. The highest BCUT2D eigenvalue weighted by molar-refractivity contribution is 5.79. The lowest BCUT2D eigenvalue weighted by atomic mass is 10.0. The molecule has 0 saturated carbocycles. The van der Waals surface area contributed by atoms with Gasteiger partial charge in [-0.05, 0) is 36.6 Å². The van der Waals surface area contributed by atoms with Gasteiger partial charge in [0.1, 0.15) is 0 Å². The Balaban J connectivity index is 1.54. The van der Waals surface area contributed by atoms with E-state index >= 15 is 0 Å². The number of hydrogen-bond donors (Lipinski definition) is 1. The molecule has 2 atom stereocenters. The van der Waals surface area contributed by atoms with Crippen molar-refractivity contribution < 1.29 is 4.79 Å². The summed E-state index contributed by atoms with van der Waals surface area (Å²) in [6.45, 7) is 3.65. The molecule has 2 unspecified atom stereocenters. The molecule has 1 aliphatic heterocycles. The first-order valence-electron chi connectivity index (χ1n) is 8.73. The highest BCUT2D eigenvalue weighted by Gasteiger charge is 2.27. The summed E-state index contributed by atoms with van der Waals surface area (Å²) in [5.41, 5.74) is 2.84. The second-order valence-electron chi connectivity index (χ2n) is 6.61. The molecule has 1 N–H and O–H groups in total. The molecule has 4 heteroatoms. The van der Waals surface area contributed by atoms with Crippen LogP contribution in [0.5, 0.6) is 0 Å². The minimum absolute atomic E-state index is 0.155. The lowest BCUT2D eigenvalue weighted by Crippen LogP contribution is -2.36. The predicted octanol–water partition coefficient (Wildman–Crippen LogP) is 3.05. The van der Waals surface area contributed by atoms with Crippen LogP contribution in [0.4, 0.5) is 0 Å². The molecule has 1 heterocycles. The van der Waals surface area contributed by atoms with Gasteiger partial charge in [-0.3, -0.25) is 4.79 Å². The van der Waals surface area contributed by atoms with Crippen molar-refractivity contribution in [2.24, 2.45) is 0 Å². The summed E-state index contributed by atoms with van der Waals surface area (Å²) >= 11 is 0. The largest absolute Gasteiger partial charge is 0.341 e. The Hall–Kier alpha value is -2.64. The van der Waals surface area contributed by atoms with E-state index in [2.05, 4.69) is 18.3 Å². The number of benzene rings is 2. The van der Waals surface area contributed by atoms with Gasteiger partial charge in [0.2, 0.25) is 5.91 Å². The van der Waals surface area contributed by atoms with Crippen LogP contribution in [0.2, 0.25) is 0 Å². The smallest absolute Gasteiger partial charge is 0.227 e. The summed E-state index contributed by atoms with van der Waals surface area (Å²) in [6, 6.07) is 20.2. The number of amides is 1. The third-order valence-electron chi connectivity index (χ3n) is 4.74. The van der Waals surface area contributed by atoms with Crippen molar-refractivity contribution in [1.29, 1.82) is 5.26 Å². The van der Waals surface area contributed by atoms with Crippen LogP contribution < -0.4 is 5.32 Å². The van der Waals surface area contributed by atoms with Crippen molar-refractivity contribution in [2.45, 2.75) is 31.8 Å². The fourth-order valence-electron chi connectivity index (χ4n) is 3.33. The fourth-order valence-corrected chi connectivity index (χ4v) is 3.33. The van der Waals surface area contributed by atoms with E-state index in [0.717, 1.165) is 30.6 Å². The van der Waals surface area contributed by atoms with Crippen LogP contribution in [0.1, 0.15) is 36.1 Å². The van der Waals surface area contributed by atoms with Crippen LogP contribution >= 0.6 is 0 Å². The van der Waals surface area contributed by atoms with Gasteiger partial charge in [-0.1, -0.05) is 42.5 Å². The van der Waals surface area contributed by atoms with Crippen LogP contribution in [-0.4, -0.2) is 29.9 Å². The maximum atomic E-state index is 12.5. The zero-order valence-corrected chi connectivity index (χ0v) is 14.5. The van der Waals surface area contributed by atoms with Crippen LogP contribution in [0, 0.1) is 11.3 Å². The Kier molecular flexibility index (Phi) is 5.47. The zero-order chi connectivity index (χ0) is 17.6. The Bertz CT molecular complexity index is 766. The summed E-state index contributed by atoms with van der Waals surface area (Å²) in [7, 11) is 0. The van der Waals surface area contributed by atoms with E-state index in [9.17, 15) is 4.79 Å². The second-order valence-corrected chi connectivity index (χ2v) is 6.61. The van der Waals surface area contributed by atoms with Crippen molar-refractivity contribution in [3.63, 3.8) is 0 Å². The molecule has 0 bridgehead atoms. The third kappa shape index (κ3) is 4.46. The van der Waals surface area contributed by atoms with E-state index in [-0.39, 0.29) is 11.9 Å². The summed E-state index contributed by atoms with van der Waals surface area (Å²) in [4.78, 5) is 14.4. The SMILES string of the molecule is CC(NC1CCN(C(=O)Cc2ccccc2)C1)c1cccc(C#N)c1. The molecular weight excluding hydrogens is 310 g/mol. The lowest BCUT2D eigenvalue weighted by Gasteiger charge is -2.21. The van der Waals surface area contributed by atoms with Crippen molar-refractivity contribution in [3.05, 3.63) is 71.3 Å². The summed E-state index contributed by atoms with van der Waals surface area (Å²) in [5, 5.41) is 12.6. The summed E-state index contributed by atoms with van der Waals surface area (Å²) in [5.74, 6) is 0.189. The first-order chi connectivity index (χ1) is 12.2. The Morgan fingerprint density at radius 2 is 2.08 bits per heavy atom. The topological polar surface area (TPSA) is 56.1 Å². The minimum Gasteiger partial charge on any atom is -0.341 e. The summed E-state index contributed by atoms with van der Waals surface area (Å²) < 4.78 is 0. The van der Waals surface area contributed by atoms with Gasteiger partial charge in [0.25, 0.3) is 0 Å². The molecule has 128 valence electrons. The monoisotopic (exact) mass is 333 g/mol. The third-order valence-corrected chi connectivity index (χ3v) is 4.74. The molecule has 1 aliphatic rings. The highest BCUT2D eigenvalue weighted by Crippen LogP contribution is 2.18. The Morgan fingerprint density at radius 3 is 2.84 bits per heavy atom. The number of carbonyl (C=O) groups excluding carboxylic acids is 1. The van der Waals surface area contributed by atoms with Gasteiger partial charge >= 0.3 is 0 Å². The molecule has 0 radical (unpaired) electrons. The number of likely N-dealkylation sites (tertiary alicyclic amines) is 1. The number of hydrogen-bond acceptors (Lipinski definition) is 3. The molecule has 1 fully saturated rings. The molecule has 2 aromatic rings. The Morgan fingerprint density at radius 1 is 1.28 bits per heavy atom. The molecule has 25 heavy (non-hydrogen) atoms. The number of carbonyl (C=O) groups is 1. The van der Waals surface area contributed by atoms with Crippen LogP contribution in [0.25, 0.3) is 0 Å². The highest BCUT2D eigenvalue weighted by atomic mass is 16.2. The average Bonchev–Trinajstić information content (AvgIpc) is 3.11. The fraction of sp³-hybridized carbons (Fsp3) is 0.333. The van der Waals surface area contributed by atoms with Crippen molar-refractivity contribution in [3.8, 4) is 6.07 Å². The maximum absolute atomic E-state index is 12.5. The van der Waals surface area contributed by atoms with E-state index < -0.39 is 0 Å². The normalized spacial score (nSPS) is 17.9. The molecule has 0 aliphatic carbocycles. The van der Waals surface area contributed by atoms with Crippen molar-refractivity contribution >= 4 is 5.91 Å². The van der Waals surface area contributed by atoms with E-state index in [1.54, 1.807) is 0 Å². The van der Waals surface area contributed by atoms with Crippen molar-refractivity contribution in [1.82, 2.24) is 10.2 Å². The van der Waals surface area contributed by atoms with E-state index in [4.69, 9.17) is 5.26 Å². The Labute approximate surface area is 149 Å². The van der Waals surface area contributed by atoms with Gasteiger partial charge < -0.3 is 10.2 Å². The van der Waals surface area contributed by atoms with E-state index in [1.165, 1.54) is 0 Å². The van der Waals surface area contributed by atoms with Gasteiger partial charge in [0.15, 0.2) is 0 Å². The first kappa shape index (κ1) is 17.2. The molecule has 3 rings (SSSR count). The first-order valence-corrected chi connectivity index (χ1v) is 8.73. The van der Waals surface area contributed by atoms with E-state index in [1.807, 2.05) is 59.5 Å². The predicted molar refractivity (Wildman–Crippen MR) is 97.8 cm³/mol. The number of rotatable bonds is 5. The molecule has 2 aromatic carbocycles. The minimum atomic E-state index is 0.155. The van der Waals surface area contributed by atoms with E-state index in [0.29, 0.717) is 18.0 Å². The molecule has 0 aromatic heterocycles. The van der Waals surface area contributed by atoms with Gasteiger partial charge in [-0.25, -0.2) is 0 Å². The standard InChI is InChI=1S/C21H23N3O/c1-16(19-9-5-8-18(12-19)14-22)23-20-10-11-24(15-20)21(25)13-17-6-3-2-4-7-17/h2-9,12,16,20,23H,10-11,13,15H2,1H3. The molecule has 1 amide bonds. The number of nitrogens with one attached hydrogen (secondary N) is 1. The van der Waals surface area contributed by atoms with Crippen molar-refractivity contribution in [2.75, 3.05) is 13.1 Å². The zero-order valence-electron chi connectivity index (χ0n) is 14.5. The lowest BCUT2D eigenvalue weighted by molar-refractivity contribution is -0.129. The summed E-state index contributed by atoms with van der Waals surface area (Å²) in [6.07, 6.45) is 1.43. The van der Waals surface area contributed by atoms with Crippen LogP contribution in [-0.2, 0) is 11.2 Å². The van der Waals surface area contributed by atoms with Gasteiger partial charge in [0, 0.05) is 25.2 Å². The quantitative estimate of drug-likeness (QED) is 0.915. The van der Waals surface area contributed by atoms with Gasteiger partial charge in [-0.2, -0.15) is 5.26 Å². The molecular formula is C21H23N3O. The molecule has 1 saturated heterocycles. The number of nitriles is 1. The molecule has 4 nitrogen and oxygen atoms in total. The van der Waals surface area contributed by atoms with Gasteiger partial charge in [-0.15, -0.1) is 0 Å². The van der Waals surface area contributed by atoms with Crippen LogP contribution in [0.15, 0.2) is 54.6 Å². The van der Waals surface area contributed by atoms with Gasteiger partial charge in [0.05, 0.1) is 18.1 Å². The molecule has 0 spiro atoms. The van der Waals surface area contributed by atoms with Crippen LogP contribution in [0.3, 0.4) is 0 Å². The number of nitrogens with zero attached hydrogens (tertiary/aromatic N) is 2.